The Balaban J connectivity index is 1.67. The Morgan fingerprint density at radius 1 is 1.00 bits per heavy atom. The molecule has 28 heavy (non-hydrogen) atoms. The van der Waals surface area contributed by atoms with Crippen LogP contribution in [-0.2, 0) is 10.8 Å². The van der Waals surface area contributed by atoms with E-state index < -0.39 is 10.8 Å². The molecule has 0 bridgehead atoms. The highest BCUT2D eigenvalue weighted by Crippen LogP contribution is 2.27. The number of piperazine rings is 1. The molecule has 0 aromatic heterocycles. The first-order valence-corrected chi connectivity index (χ1v) is 10.5. The fourth-order valence-corrected chi connectivity index (χ4v) is 4.75. The van der Waals surface area contributed by atoms with Crippen LogP contribution in [0.3, 0.4) is 0 Å². The van der Waals surface area contributed by atoms with Crippen molar-refractivity contribution in [2.45, 2.75) is 4.90 Å². The van der Waals surface area contributed by atoms with Gasteiger partial charge >= 0.3 is 0 Å². The number of nitrogens with two attached hydrogens (primary N) is 1. The van der Waals surface area contributed by atoms with Crippen LogP contribution in [0.1, 0.15) is 5.56 Å². The quantitative estimate of drug-likeness (QED) is 0.407. The summed E-state index contributed by atoms with van der Waals surface area (Å²) in [5.41, 5.74) is 8.22. The molecule has 1 heterocycles. The fraction of sp³-hybridized carbons (Fsp3) is 0.227. The Bertz CT molecular complexity index is 1050. The molecule has 0 aliphatic carbocycles. The zero-order valence-corrected chi connectivity index (χ0v) is 16.7. The Morgan fingerprint density at radius 3 is 2.50 bits per heavy atom. The van der Waals surface area contributed by atoms with Gasteiger partial charge in [0.1, 0.15) is 15.8 Å². The van der Waals surface area contributed by atoms with E-state index in [-0.39, 0.29) is 5.04 Å². The largest absolute Gasteiger partial charge is 0.398 e. The average Bonchev–Trinajstić information content (AvgIpc) is 2.73. The summed E-state index contributed by atoms with van der Waals surface area (Å²) in [4.78, 5) is 5.23. The average molecular weight is 393 g/mol. The van der Waals surface area contributed by atoms with Crippen molar-refractivity contribution in [2.75, 3.05) is 43.9 Å². The first-order valence-electron chi connectivity index (χ1n) is 9.36. The van der Waals surface area contributed by atoms with Gasteiger partial charge in [0.2, 0.25) is 0 Å². The number of hydrogen-bond donors (Lipinski definition) is 2. The van der Waals surface area contributed by atoms with Gasteiger partial charge in [-0.15, -0.1) is 0 Å². The first kappa shape index (κ1) is 18.7. The van der Waals surface area contributed by atoms with E-state index in [4.69, 9.17) is 11.1 Å². The first-order chi connectivity index (χ1) is 13.5. The SMILES string of the molecule is CN1CCN(c2ccc(N)c(C(=N)S(=O)c3cccc4ccccc34)c2)CC1. The molecule has 1 aliphatic rings. The van der Waals surface area contributed by atoms with Gasteiger partial charge in [0.15, 0.2) is 0 Å². The van der Waals surface area contributed by atoms with Crippen molar-refractivity contribution in [1.82, 2.24) is 4.90 Å². The third-order valence-corrected chi connectivity index (χ3v) is 6.63. The maximum atomic E-state index is 13.3. The lowest BCUT2D eigenvalue weighted by Gasteiger charge is -2.34. The number of hydrogen-bond acceptors (Lipinski definition) is 5. The van der Waals surface area contributed by atoms with Crippen LogP contribution in [-0.4, -0.2) is 47.4 Å². The molecule has 1 aliphatic heterocycles. The number of rotatable bonds is 3. The maximum Gasteiger partial charge on any atom is 0.133 e. The second-order valence-corrected chi connectivity index (χ2v) is 8.52. The molecule has 144 valence electrons. The van der Waals surface area contributed by atoms with Crippen LogP contribution in [0, 0.1) is 5.41 Å². The standard InChI is InChI=1S/C22H24N4OS/c1-25-11-13-26(14-12-25)17-9-10-20(23)19(15-17)22(24)28(27)21-8-4-6-16-5-2-3-7-18(16)21/h2-10,15,24H,11-14,23H2,1H3. The van der Waals surface area contributed by atoms with Gasteiger partial charge in [0, 0.05) is 43.1 Å². The summed E-state index contributed by atoms with van der Waals surface area (Å²) in [6, 6.07) is 19.2. The van der Waals surface area contributed by atoms with Gasteiger partial charge in [-0.1, -0.05) is 36.4 Å². The minimum Gasteiger partial charge on any atom is -0.398 e. The van der Waals surface area contributed by atoms with E-state index in [1.165, 1.54) is 0 Å². The third-order valence-electron chi connectivity index (χ3n) is 5.28. The number of nitrogens with one attached hydrogen (secondary N) is 1. The number of anilines is 2. The molecular weight excluding hydrogens is 368 g/mol. The molecule has 5 nitrogen and oxygen atoms in total. The summed E-state index contributed by atoms with van der Waals surface area (Å²) >= 11 is 0. The zero-order chi connectivity index (χ0) is 19.7. The van der Waals surface area contributed by atoms with Gasteiger partial charge in [0.25, 0.3) is 0 Å². The second kappa shape index (κ2) is 7.73. The summed E-state index contributed by atoms with van der Waals surface area (Å²) in [6.07, 6.45) is 0. The van der Waals surface area contributed by atoms with Crippen LogP contribution < -0.4 is 10.6 Å². The topological polar surface area (TPSA) is 73.4 Å². The molecular formula is C22H24N4OS. The lowest BCUT2D eigenvalue weighted by atomic mass is 10.1. The lowest BCUT2D eigenvalue weighted by Crippen LogP contribution is -2.44. The number of nitrogen functional groups attached to an aromatic ring is 1. The van der Waals surface area contributed by atoms with E-state index in [9.17, 15) is 4.21 Å². The molecule has 1 atom stereocenters. The van der Waals surface area contributed by atoms with Crippen molar-refractivity contribution < 1.29 is 4.21 Å². The van der Waals surface area contributed by atoms with Gasteiger partial charge < -0.3 is 15.5 Å². The smallest absolute Gasteiger partial charge is 0.133 e. The molecule has 0 amide bonds. The van der Waals surface area contributed by atoms with Crippen molar-refractivity contribution in [1.29, 1.82) is 5.41 Å². The third kappa shape index (κ3) is 3.53. The van der Waals surface area contributed by atoms with Crippen molar-refractivity contribution in [3.63, 3.8) is 0 Å². The summed E-state index contributed by atoms with van der Waals surface area (Å²) in [6.45, 7) is 3.86. The van der Waals surface area contributed by atoms with E-state index in [1.807, 2.05) is 60.7 Å². The van der Waals surface area contributed by atoms with Crippen molar-refractivity contribution in [3.05, 3.63) is 66.2 Å². The highest BCUT2D eigenvalue weighted by molar-refractivity contribution is 8.01. The summed E-state index contributed by atoms with van der Waals surface area (Å²) < 4.78 is 13.3. The summed E-state index contributed by atoms with van der Waals surface area (Å²) in [7, 11) is 0.513. The van der Waals surface area contributed by atoms with Crippen LogP contribution in [0.25, 0.3) is 10.8 Å². The predicted molar refractivity (Wildman–Crippen MR) is 118 cm³/mol. The highest BCUT2D eigenvalue weighted by Gasteiger charge is 2.20. The second-order valence-electron chi connectivity index (χ2n) is 7.14. The van der Waals surface area contributed by atoms with Crippen molar-refractivity contribution in [3.8, 4) is 0 Å². The van der Waals surface area contributed by atoms with Crippen LogP contribution in [0.15, 0.2) is 65.6 Å². The fourth-order valence-electron chi connectivity index (χ4n) is 3.57. The number of nitrogens with zero attached hydrogens (tertiary/aromatic N) is 2. The molecule has 1 unspecified atom stereocenters. The number of fused-ring (bicyclic) bond motifs is 1. The van der Waals surface area contributed by atoms with Crippen molar-refractivity contribution in [2.24, 2.45) is 0 Å². The molecule has 4 rings (SSSR count). The Kier molecular flexibility index (Phi) is 5.15. The van der Waals surface area contributed by atoms with Crippen LogP contribution in [0.4, 0.5) is 11.4 Å². The predicted octanol–water partition coefficient (Wildman–Crippen LogP) is 3.31. The van der Waals surface area contributed by atoms with Gasteiger partial charge in [0.05, 0.1) is 4.90 Å². The monoisotopic (exact) mass is 392 g/mol. The molecule has 0 saturated carbocycles. The van der Waals surface area contributed by atoms with Crippen LogP contribution >= 0.6 is 0 Å². The Hall–Kier alpha value is -2.70. The summed E-state index contributed by atoms with van der Waals surface area (Å²) in [5.74, 6) is 0. The Labute approximate surface area is 167 Å². The summed E-state index contributed by atoms with van der Waals surface area (Å²) in [5, 5.41) is 10.6. The van der Waals surface area contributed by atoms with Gasteiger partial charge in [-0.05, 0) is 42.1 Å². The van der Waals surface area contributed by atoms with Crippen molar-refractivity contribution >= 4 is 38.0 Å². The van der Waals surface area contributed by atoms with E-state index in [1.54, 1.807) is 0 Å². The molecule has 0 spiro atoms. The Morgan fingerprint density at radius 2 is 1.71 bits per heavy atom. The van der Waals surface area contributed by atoms with Crippen LogP contribution in [0.2, 0.25) is 0 Å². The van der Waals surface area contributed by atoms with Gasteiger partial charge in [-0.25, -0.2) is 4.21 Å². The van der Waals surface area contributed by atoms with Gasteiger partial charge in [-0.2, -0.15) is 0 Å². The highest BCUT2D eigenvalue weighted by atomic mass is 32.2. The number of likely N-dealkylation sites (N-methyl/N-ethyl adjacent to an activating group) is 1. The normalized spacial score (nSPS) is 16.2. The minimum absolute atomic E-state index is 0.0461. The minimum atomic E-state index is -1.61. The van der Waals surface area contributed by atoms with Crippen LogP contribution in [0.5, 0.6) is 0 Å². The van der Waals surface area contributed by atoms with E-state index >= 15 is 0 Å². The molecule has 1 fully saturated rings. The molecule has 3 N–H and O–H groups in total. The lowest BCUT2D eigenvalue weighted by molar-refractivity contribution is 0.313. The molecule has 3 aromatic rings. The van der Waals surface area contributed by atoms with Gasteiger partial charge in [-0.3, -0.25) is 5.41 Å². The molecule has 3 aromatic carbocycles. The maximum absolute atomic E-state index is 13.3. The molecule has 0 radical (unpaired) electrons. The van der Waals surface area contributed by atoms with E-state index in [0.29, 0.717) is 16.1 Å². The van der Waals surface area contributed by atoms with E-state index in [2.05, 4.69) is 16.8 Å². The zero-order valence-electron chi connectivity index (χ0n) is 15.9. The molecule has 1 saturated heterocycles. The molecule has 6 heteroatoms. The number of benzene rings is 3. The van der Waals surface area contributed by atoms with E-state index in [0.717, 1.165) is 42.6 Å².